The van der Waals surface area contributed by atoms with Crippen LogP contribution in [0.25, 0.3) is 0 Å². The molecule has 0 fully saturated rings. The predicted octanol–water partition coefficient (Wildman–Crippen LogP) is 2.87. The van der Waals surface area contributed by atoms with Crippen molar-refractivity contribution < 1.29 is 15.0 Å². The molecule has 3 nitrogen and oxygen atoms in total. The largest absolute Gasteiger partial charge is 0.508 e. The molecule has 0 aromatic heterocycles. The molecule has 0 atom stereocenters. The van der Waals surface area contributed by atoms with E-state index in [1.807, 2.05) is 0 Å². The van der Waals surface area contributed by atoms with Crippen LogP contribution in [0.3, 0.4) is 0 Å². The number of rotatable bonds is 2. The van der Waals surface area contributed by atoms with Gasteiger partial charge in [-0.2, -0.15) is 0 Å². The summed E-state index contributed by atoms with van der Waals surface area (Å²) in [5, 5.41) is 17.3. The first-order chi connectivity index (χ1) is 6.99. The highest BCUT2D eigenvalue weighted by Crippen LogP contribution is 2.25. The van der Waals surface area contributed by atoms with Crippen LogP contribution in [0.1, 0.15) is 12.5 Å². The highest BCUT2D eigenvalue weighted by molar-refractivity contribution is 6.31. The number of carboxylic acids is 1. The van der Waals surface area contributed by atoms with E-state index in [4.69, 9.17) is 21.5 Å². The predicted molar refractivity (Wildman–Crippen MR) is 60.3 cm³/mol. The van der Waals surface area contributed by atoms with Gasteiger partial charge in [0.05, 0.1) is 0 Å². The van der Waals surface area contributed by atoms with Crippen molar-refractivity contribution in [1.29, 1.82) is 0 Å². The van der Waals surface area contributed by atoms with Gasteiger partial charge < -0.3 is 10.2 Å². The van der Waals surface area contributed by atoms with Crippen LogP contribution >= 0.6 is 11.6 Å². The molecule has 0 radical (unpaired) electrons. The van der Waals surface area contributed by atoms with E-state index in [9.17, 15) is 5.11 Å². The Kier molecular flexibility index (Phi) is 6.22. The SMILES string of the molecule is C=CCc1c(O)cccc1Cl.CC(=O)O. The standard InChI is InChI=1S/C9H9ClO.C2H4O2/c1-2-4-7-8(10)5-3-6-9(7)11;1-2(3)4/h2-3,5-6,11H,1,4H2;1H3,(H,3,4). The van der Waals surface area contributed by atoms with Gasteiger partial charge in [0, 0.05) is 17.5 Å². The summed E-state index contributed by atoms with van der Waals surface area (Å²) in [7, 11) is 0. The van der Waals surface area contributed by atoms with E-state index in [1.165, 1.54) is 0 Å². The van der Waals surface area contributed by atoms with Gasteiger partial charge in [0.2, 0.25) is 0 Å². The number of phenolic OH excluding ortho intramolecular Hbond substituents is 1. The lowest BCUT2D eigenvalue weighted by Crippen LogP contribution is -1.82. The Balaban J connectivity index is 0.000000423. The summed E-state index contributed by atoms with van der Waals surface area (Å²) in [6.45, 7) is 4.65. The number of hydrogen-bond donors (Lipinski definition) is 2. The Hall–Kier alpha value is -1.48. The van der Waals surface area contributed by atoms with Crippen LogP contribution in [-0.4, -0.2) is 16.2 Å². The summed E-state index contributed by atoms with van der Waals surface area (Å²) < 4.78 is 0. The average Bonchev–Trinajstić information content (AvgIpc) is 2.11. The number of halogens is 1. The molecule has 82 valence electrons. The minimum Gasteiger partial charge on any atom is -0.508 e. The average molecular weight is 229 g/mol. The van der Waals surface area contributed by atoms with Gasteiger partial charge in [-0.1, -0.05) is 23.7 Å². The smallest absolute Gasteiger partial charge is 0.300 e. The molecule has 1 aromatic carbocycles. The van der Waals surface area contributed by atoms with E-state index in [0.29, 0.717) is 11.4 Å². The summed E-state index contributed by atoms with van der Waals surface area (Å²) in [6.07, 6.45) is 2.31. The molecular formula is C11H13ClO3. The number of carboxylic acid groups (broad SMARTS) is 1. The second-order valence-corrected chi connectivity index (χ2v) is 3.16. The highest BCUT2D eigenvalue weighted by atomic mass is 35.5. The lowest BCUT2D eigenvalue weighted by Gasteiger charge is -2.02. The van der Waals surface area contributed by atoms with Crippen molar-refractivity contribution in [2.45, 2.75) is 13.3 Å². The Labute approximate surface area is 93.6 Å². The molecule has 0 saturated carbocycles. The fraction of sp³-hybridized carbons (Fsp3) is 0.182. The zero-order valence-electron chi connectivity index (χ0n) is 8.40. The van der Waals surface area contributed by atoms with Crippen LogP contribution in [0.4, 0.5) is 0 Å². The van der Waals surface area contributed by atoms with Crippen molar-refractivity contribution in [3.8, 4) is 5.75 Å². The number of aromatic hydroxyl groups is 1. The maximum Gasteiger partial charge on any atom is 0.300 e. The maximum absolute atomic E-state index is 9.29. The highest BCUT2D eigenvalue weighted by Gasteiger charge is 2.02. The van der Waals surface area contributed by atoms with E-state index in [2.05, 4.69) is 6.58 Å². The van der Waals surface area contributed by atoms with E-state index in [0.717, 1.165) is 12.5 Å². The Bertz CT molecular complexity index is 323. The minimum atomic E-state index is -0.833. The van der Waals surface area contributed by atoms with Gasteiger partial charge in [-0.05, 0) is 18.6 Å². The molecule has 0 unspecified atom stereocenters. The van der Waals surface area contributed by atoms with E-state index in [-0.39, 0.29) is 5.75 Å². The van der Waals surface area contributed by atoms with E-state index >= 15 is 0 Å². The fourth-order valence-electron chi connectivity index (χ4n) is 0.894. The summed E-state index contributed by atoms with van der Waals surface area (Å²) >= 11 is 5.80. The number of hydrogen-bond acceptors (Lipinski definition) is 2. The third-order valence-electron chi connectivity index (χ3n) is 1.44. The van der Waals surface area contributed by atoms with Gasteiger partial charge >= 0.3 is 0 Å². The third kappa shape index (κ3) is 5.75. The van der Waals surface area contributed by atoms with Crippen LogP contribution in [0, 0.1) is 0 Å². The second-order valence-electron chi connectivity index (χ2n) is 2.75. The first-order valence-corrected chi connectivity index (χ1v) is 4.63. The molecule has 0 aliphatic rings. The summed E-state index contributed by atoms with van der Waals surface area (Å²) in [6, 6.07) is 5.08. The van der Waals surface area contributed by atoms with Crippen molar-refractivity contribution in [1.82, 2.24) is 0 Å². The molecule has 0 amide bonds. The minimum absolute atomic E-state index is 0.234. The van der Waals surface area contributed by atoms with E-state index < -0.39 is 5.97 Å². The summed E-state index contributed by atoms with van der Waals surface area (Å²) in [4.78, 5) is 9.00. The molecule has 0 aliphatic carbocycles. The van der Waals surface area contributed by atoms with Crippen LogP contribution < -0.4 is 0 Å². The molecule has 2 N–H and O–H groups in total. The first-order valence-electron chi connectivity index (χ1n) is 4.25. The number of aliphatic carboxylic acids is 1. The summed E-state index contributed by atoms with van der Waals surface area (Å²) in [5.41, 5.74) is 0.740. The first kappa shape index (κ1) is 13.5. The third-order valence-corrected chi connectivity index (χ3v) is 1.80. The molecule has 1 rings (SSSR count). The molecular weight excluding hydrogens is 216 g/mol. The second kappa shape index (κ2) is 6.90. The van der Waals surface area contributed by atoms with Crippen LogP contribution in [0.15, 0.2) is 30.9 Å². The molecule has 15 heavy (non-hydrogen) atoms. The van der Waals surface area contributed by atoms with Crippen molar-refractivity contribution in [2.24, 2.45) is 0 Å². The van der Waals surface area contributed by atoms with Gasteiger partial charge in [-0.3, -0.25) is 4.79 Å². The molecule has 0 spiro atoms. The van der Waals surface area contributed by atoms with Gasteiger partial charge in [-0.25, -0.2) is 0 Å². The van der Waals surface area contributed by atoms with Crippen LogP contribution in [0.2, 0.25) is 5.02 Å². The van der Waals surface area contributed by atoms with Gasteiger partial charge in [0.25, 0.3) is 5.97 Å². The van der Waals surface area contributed by atoms with E-state index in [1.54, 1.807) is 24.3 Å². The van der Waals surface area contributed by atoms with Gasteiger partial charge in [0.15, 0.2) is 0 Å². The fourth-order valence-corrected chi connectivity index (χ4v) is 1.14. The zero-order chi connectivity index (χ0) is 11.8. The monoisotopic (exact) mass is 228 g/mol. The molecule has 1 aromatic rings. The lowest BCUT2D eigenvalue weighted by atomic mass is 10.1. The molecule has 4 heteroatoms. The van der Waals surface area contributed by atoms with Crippen molar-refractivity contribution in [3.63, 3.8) is 0 Å². The van der Waals surface area contributed by atoms with Crippen molar-refractivity contribution in [2.75, 3.05) is 0 Å². The number of allylic oxidation sites excluding steroid dienone is 1. The lowest BCUT2D eigenvalue weighted by molar-refractivity contribution is -0.134. The molecule has 0 saturated heterocycles. The number of phenols is 1. The van der Waals surface area contributed by atoms with Crippen LogP contribution in [-0.2, 0) is 11.2 Å². The number of benzene rings is 1. The Morgan fingerprint density at radius 2 is 2.13 bits per heavy atom. The Morgan fingerprint density at radius 1 is 1.60 bits per heavy atom. The summed E-state index contributed by atoms with van der Waals surface area (Å²) in [5.74, 6) is -0.600. The van der Waals surface area contributed by atoms with Crippen molar-refractivity contribution in [3.05, 3.63) is 41.4 Å². The topological polar surface area (TPSA) is 57.5 Å². The molecule has 0 aliphatic heterocycles. The zero-order valence-corrected chi connectivity index (χ0v) is 9.16. The number of carbonyl (C=O) groups is 1. The normalized spacial score (nSPS) is 8.67. The maximum atomic E-state index is 9.29. The molecule has 0 bridgehead atoms. The Morgan fingerprint density at radius 3 is 2.53 bits per heavy atom. The van der Waals surface area contributed by atoms with Gasteiger partial charge in [0.1, 0.15) is 5.75 Å². The molecule has 0 heterocycles. The van der Waals surface area contributed by atoms with Crippen LogP contribution in [0.5, 0.6) is 5.75 Å². The quantitative estimate of drug-likeness (QED) is 0.766. The van der Waals surface area contributed by atoms with Crippen molar-refractivity contribution >= 4 is 17.6 Å². The van der Waals surface area contributed by atoms with Gasteiger partial charge in [-0.15, -0.1) is 6.58 Å².